The molecular weight excluding hydrogens is 505 g/mol. The normalized spacial score (nSPS) is 14.4. The van der Waals surface area contributed by atoms with Crippen LogP contribution in [0.25, 0.3) is 5.82 Å². The first-order valence-electron chi connectivity index (χ1n) is 9.83. The highest BCUT2D eigenvalue weighted by Crippen LogP contribution is 2.38. The van der Waals surface area contributed by atoms with Crippen molar-refractivity contribution in [2.75, 3.05) is 0 Å². The highest BCUT2D eigenvalue weighted by atomic mass is 79.9. The Labute approximate surface area is 194 Å². The van der Waals surface area contributed by atoms with Crippen molar-refractivity contribution in [3.05, 3.63) is 63.8 Å². The Morgan fingerprint density at radius 3 is 2.70 bits per heavy atom. The third-order valence-corrected chi connectivity index (χ3v) is 5.24. The molecule has 1 fully saturated rings. The fourth-order valence-electron chi connectivity index (χ4n) is 3.11. The Morgan fingerprint density at radius 2 is 2.09 bits per heavy atom. The molecule has 12 heteroatoms. The molecule has 1 aliphatic rings. The van der Waals surface area contributed by atoms with Gasteiger partial charge in [0, 0.05) is 22.2 Å². The lowest BCUT2D eigenvalue weighted by atomic mass is 10.2. The zero-order chi connectivity index (χ0) is 23.8. The summed E-state index contributed by atoms with van der Waals surface area (Å²) in [5, 5.41) is 16.2. The van der Waals surface area contributed by atoms with Gasteiger partial charge in [0.2, 0.25) is 0 Å². The zero-order valence-electron chi connectivity index (χ0n) is 17.1. The number of benzene rings is 1. The molecule has 0 aliphatic heterocycles. The average molecular weight is 521 g/mol. The number of halogens is 4. The maximum atomic E-state index is 12.8. The number of hydrogen-bond acceptors (Lipinski definition) is 6. The topological polar surface area (TPSA) is 106 Å². The van der Waals surface area contributed by atoms with Crippen molar-refractivity contribution in [1.29, 1.82) is 5.26 Å². The molecule has 1 N–H and O–H groups in total. The molecule has 4 rings (SSSR count). The lowest BCUT2D eigenvalue weighted by Gasteiger charge is -2.15. The van der Waals surface area contributed by atoms with Crippen LogP contribution in [-0.2, 0) is 0 Å². The van der Waals surface area contributed by atoms with E-state index >= 15 is 0 Å². The summed E-state index contributed by atoms with van der Waals surface area (Å²) in [7, 11) is 0. The SMILES string of the molecule is C[C@H](NC(=O)c1cc(Br)cc(OC(F)(F)F)c1)c1nc(C2CC2)nn1-c1ccc(C#N)cn1. The van der Waals surface area contributed by atoms with E-state index < -0.39 is 24.1 Å². The van der Waals surface area contributed by atoms with E-state index in [1.54, 1.807) is 19.1 Å². The molecule has 0 bridgehead atoms. The van der Waals surface area contributed by atoms with E-state index in [4.69, 9.17) is 5.26 Å². The summed E-state index contributed by atoms with van der Waals surface area (Å²) in [6.45, 7) is 1.68. The fourth-order valence-corrected chi connectivity index (χ4v) is 3.58. The first-order valence-corrected chi connectivity index (χ1v) is 10.6. The molecule has 0 radical (unpaired) electrons. The van der Waals surface area contributed by atoms with E-state index in [1.165, 1.54) is 16.9 Å². The van der Waals surface area contributed by atoms with Gasteiger partial charge in [0.05, 0.1) is 11.6 Å². The van der Waals surface area contributed by atoms with Gasteiger partial charge in [0.15, 0.2) is 17.5 Å². The quantitative estimate of drug-likeness (QED) is 0.510. The van der Waals surface area contributed by atoms with Crippen molar-refractivity contribution in [2.24, 2.45) is 0 Å². The average Bonchev–Trinajstić information content (AvgIpc) is 3.50. The van der Waals surface area contributed by atoms with E-state index in [1.807, 2.05) is 6.07 Å². The molecule has 2 aromatic heterocycles. The van der Waals surface area contributed by atoms with Crippen LogP contribution in [-0.4, -0.2) is 32.0 Å². The number of nitrogens with zero attached hydrogens (tertiary/aromatic N) is 5. The molecule has 2 heterocycles. The minimum absolute atomic E-state index is 0.0274. The number of carbonyl (C=O) groups excluding carboxylic acids is 1. The number of nitrogens with one attached hydrogen (secondary N) is 1. The largest absolute Gasteiger partial charge is 0.573 e. The monoisotopic (exact) mass is 520 g/mol. The molecule has 1 saturated carbocycles. The standard InChI is InChI=1S/C21H16BrF3N6O2/c1-11(28-20(32)14-6-15(22)8-16(7-14)33-21(23,24)25)19-29-18(13-3-4-13)30-31(19)17-5-2-12(9-26)10-27-17/h2,5-8,10-11,13H,3-4H2,1H3,(H,28,32)/t11-/m0/s1. The van der Waals surface area contributed by atoms with Crippen LogP contribution in [0.3, 0.4) is 0 Å². The number of alkyl halides is 3. The Balaban J connectivity index is 1.60. The van der Waals surface area contributed by atoms with Crippen molar-refractivity contribution >= 4 is 21.8 Å². The van der Waals surface area contributed by atoms with Crippen LogP contribution in [0.1, 0.15) is 59.3 Å². The Morgan fingerprint density at radius 1 is 1.33 bits per heavy atom. The van der Waals surface area contributed by atoms with Gasteiger partial charge in [-0.05, 0) is 50.1 Å². The second kappa shape index (κ2) is 8.82. The van der Waals surface area contributed by atoms with Gasteiger partial charge in [0.1, 0.15) is 11.8 Å². The van der Waals surface area contributed by atoms with Gasteiger partial charge < -0.3 is 10.1 Å². The highest BCUT2D eigenvalue weighted by molar-refractivity contribution is 9.10. The molecule has 0 spiro atoms. The van der Waals surface area contributed by atoms with Crippen LogP contribution in [0.5, 0.6) is 5.75 Å². The van der Waals surface area contributed by atoms with Gasteiger partial charge in [-0.1, -0.05) is 15.9 Å². The van der Waals surface area contributed by atoms with E-state index in [0.717, 1.165) is 25.0 Å². The van der Waals surface area contributed by atoms with E-state index in [2.05, 4.69) is 41.1 Å². The van der Waals surface area contributed by atoms with Gasteiger partial charge in [-0.3, -0.25) is 4.79 Å². The second-order valence-corrected chi connectivity index (χ2v) is 8.37. The Kier molecular flexibility index (Phi) is 6.07. The van der Waals surface area contributed by atoms with E-state index in [0.29, 0.717) is 23.0 Å². The fraction of sp³-hybridized carbons (Fsp3) is 0.286. The molecule has 3 aromatic rings. The summed E-state index contributed by atoms with van der Waals surface area (Å²) in [5.74, 6) is 0.554. The molecule has 1 amide bonds. The maximum Gasteiger partial charge on any atom is 0.573 e. The van der Waals surface area contributed by atoms with Crippen molar-refractivity contribution in [3.63, 3.8) is 0 Å². The first kappa shape index (κ1) is 22.7. The van der Waals surface area contributed by atoms with Gasteiger partial charge in [-0.2, -0.15) is 9.94 Å². The molecule has 33 heavy (non-hydrogen) atoms. The van der Waals surface area contributed by atoms with Crippen LogP contribution < -0.4 is 10.1 Å². The number of nitriles is 1. The third kappa shape index (κ3) is 5.48. The summed E-state index contributed by atoms with van der Waals surface area (Å²) in [4.78, 5) is 21.6. The Hall–Kier alpha value is -3.46. The Bertz CT molecular complexity index is 1230. The lowest BCUT2D eigenvalue weighted by Crippen LogP contribution is -2.29. The molecule has 1 atom stereocenters. The summed E-state index contributed by atoms with van der Waals surface area (Å²) in [6, 6.07) is 8.06. The zero-order valence-corrected chi connectivity index (χ0v) is 18.7. The highest BCUT2D eigenvalue weighted by Gasteiger charge is 2.32. The third-order valence-electron chi connectivity index (χ3n) is 4.79. The number of aromatic nitrogens is 4. The minimum atomic E-state index is -4.88. The predicted molar refractivity (Wildman–Crippen MR) is 113 cm³/mol. The number of ether oxygens (including phenoxy) is 1. The van der Waals surface area contributed by atoms with Crippen LogP contribution in [0.4, 0.5) is 13.2 Å². The molecule has 170 valence electrons. The summed E-state index contributed by atoms with van der Waals surface area (Å²) in [5.41, 5.74) is 0.358. The summed E-state index contributed by atoms with van der Waals surface area (Å²) in [6.07, 6.45) is -1.55. The molecule has 1 aliphatic carbocycles. The lowest BCUT2D eigenvalue weighted by molar-refractivity contribution is -0.274. The molecule has 1 aromatic carbocycles. The predicted octanol–water partition coefficient (Wildman–Crippen LogP) is 4.56. The summed E-state index contributed by atoms with van der Waals surface area (Å²) < 4.78 is 43.4. The van der Waals surface area contributed by atoms with Crippen LogP contribution in [0, 0.1) is 11.3 Å². The van der Waals surface area contributed by atoms with Gasteiger partial charge in [-0.15, -0.1) is 18.3 Å². The number of amides is 1. The van der Waals surface area contributed by atoms with Crippen LogP contribution >= 0.6 is 15.9 Å². The van der Waals surface area contributed by atoms with Gasteiger partial charge in [-0.25, -0.2) is 9.97 Å². The smallest absolute Gasteiger partial charge is 0.406 e. The molecular formula is C21H16BrF3N6O2. The number of hydrogen-bond donors (Lipinski definition) is 1. The van der Waals surface area contributed by atoms with Gasteiger partial charge in [0.25, 0.3) is 5.91 Å². The number of carbonyl (C=O) groups is 1. The van der Waals surface area contributed by atoms with E-state index in [-0.39, 0.29) is 16.0 Å². The van der Waals surface area contributed by atoms with Crippen molar-refractivity contribution < 1.29 is 22.7 Å². The number of rotatable bonds is 6. The second-order valence-electron chi connectivity index (χ2n) is 7.45. The van der Waals surface area contributed by atoms with Crippen LogP contribution in [0.2, 0.25) is 0 Å². The van der Waals surface area contributed by atoms with Crippen molar-refractivity contribution in [2.45, 2.75) is 38.1 Å². The van der Waals surface area contributed by atoms with Gasteiger partial charge >= 0.3 is 6.36 Å². The maximum absolute atomic E-state index is 12.8. The minimum Gasteiger partial charge on any atom is -0.406 e. The summed E-state index contributed by atoms with van der Waals surface area (Å²) >= 11 is 3.10. The molecule has 8 nitrogen and oxygen atoms in total. The first-order chi connectivity index (χ1) is 15.6. The van der Waals surface area contributed by atoms with Crippen molar-refractivity contribution in [1.82, 2.24) is 25.1 Å². The van der Waals surface area contributed by atoms with Crippen molar-refractivity contribution in [3.8, 4) is 17.6 Å². The molecule has 0 saturated heterocycles. The van der Waals surface area contributed by atoms with Crippen LogP contribution in [0.15, 0.2) is 41.0 Å². The molecule has 0 unspecified atom stereocenters. The number of pyridine rings is 1. The van der Waals surface area contributed by atoms with E-state index in [9.17, 15) is 18.0 Å².